The van der Waals surface area contributed by atoms with E-state index in [-0.39, 0.29) is 18.5 Å². The summed E-state index contributed by atoms with van der Waals surface area (Å²) in [6.45, 7) is 7.79. The van der Waals surface area contributed by atoms with E-state index in [1.54, 1.807) is 18.2 Å². The Labute approximate surface area is 172 Å². The Bertz CT molecular complexity index is 862. The number of benzene rings is 2. The Hall–Kier alpha value is -2.66. The molecule has 0 spiro atoms. The minimum Gasteiger partial charge on any atom is -0.472 e. The van der Waals surface area contributed by atoms with Gasteiger partial charge in [0.15, 0.2) is 6.73 Å². The van der Waals surface area contributed by atoms with Crippen LogP contribution in [0.4, 0.5) is 4.39 Å². The van der Waals surface area contributed by atoms with Gasteiger partial charge in [0.05, 0.1) is 5.56 Å². The van der Waals surface area contributed by atoms with Crippen molar-refractivity contribution in [1.82, 2.24) is 10.2 Å². The van der Waals surface area contributed by atoms with E-state index in [1.165, 1.54) is 30.5 Å². The standard InChI is InChI=1S/C15H20FN.C9H9NO2/c1-2-3-10-17-11-8-14(9-12-17)13-4-6-15(16)7-5-13;1-6-3-2-4-7-8(6)12-5-10-9(7)11/h4-8H,2-3,9-12H2,1H3;2-4H,5H2,1H3,(H,10,11). The number of carbonyl (C=O) groups is 1. The van der Waals surface area contributed by atoms with E-state index in [2.05, 4.69) is 23.2 Å². The van der Waals surface area contributed by atoms with Crippen molar-refractivity contribution in [2.45, 2.75) is 33.1 Å². The van der Waals surface area contributed by atoms with Crippen molar-refractivity contribution in [2.75, 3.05) is 26.4 Å². The van der Waals surface area contributed by atoms with Crippen molar-refractivity contribution in [1.29, 1.82) is 0 Å². The van der Waals surface area contributed by atoms with Gasteiger partial charge in [-0.15, -0.1) is 0 Å². The molecule has 2 aromatic carbocycles. The van der Waals surface area contributed by atoms with Crippen molar-refractivity contribution in [3.05, 3.63) is 71.0 Å². The second kappa shape index (κ2) is 10.2. The number of nitrogens with zero attached hydrogens (tertiary/aromatic N) is 1. The fourth-order valence-corrected chi connectivity index (χ4v) is 3.51. The van der Waals surface area contributed by atoms with E-state index in [9.17, 15) is 9.18 Å². The lowest BCUT2D eigenvalue weighted by molar-refractivity contribution is 0.0882. The number of aryl methyl sites for hydroxylation is 1. The molecule has 2 aliphatic heterocycles. The van der Waals surface area contributed by atoms with Gasteiger partial charge in [0, 0.05) is 13.1 Å². The van der Waals surface area contributed by atoms with Gasteiger partial charge >= 0.3 is 0 Å². The Morgan fingerprint density at radius 2 is 1.97 bits per heavy atom. The van der Waals surface area contributed by atoms with Crippen LogP contribution in [-0.2, 0) is 0 Å². The minimum absolute atomic E-state index is 0.0556. The predicted octanol–water partition coefficient (Wildman–Crippen LogP) is 4.79. The van der Waals surface area contributed by atoms with Crippen LogP contribution in [0.2, 0.25) is 0 Å². The Morgan fingerprint density at radius 1 is 1.17 bits per heavy atom. The lowest BCUT2D eigenvalue weighted by Gasteiger charge is -2.26. The molecular formula is C24H29FN2O2. The molecule has 0 saturated heterocycles. The highest BCUT2D eigenvalue weighted by Crippen LogP contribution is 2.25. The van der Waals surface area contributed by atoms with Crippen LogP contribution in [-0.4, -0.2) is 37.2 Å². The highest BCUT2D eigenvalue weighted by molar-refractivity contribution is 5.98. The molecule has 0 atom stereocenters. The van der Waals surface area contributed by atoms with Crippen molar-refractivity contribution in [3.8, 4) is 5.75 Å². The lowest BCUT2D eigenvalue weighted by Crippen LogP contribution is -2.33. The summed E-state index contributed by atoms with van der Waals surface area (Å²) in [7, 11) is 0. The molecule has 2 aliphatic rings. The van der Waals surface area contributed by atoms with Gasteiger partial charge in [0.2, 0.25) is 0 Å². The van der Waals surface area contributed by atoms with Crippen molar-refractivity contribution in [3.63, 3.8) is 0 Å². The van der Waals surface area contributed by atoms with Crippen LogP contribution in [0.1, 0.15) is 47.7 Å². The third-order valence-corrected chi connectivity index (χ3v) is 5.24. The third-order valence-electron chi connectivity index (χ3n) is 5.24. The maximum atomic E-state index is 12.8. The zero-order chi connectivity index (χ0) is 20.6. The molecule has 0 saturated carbocycles. The fourth-order valence-electron chi connectivity index (χ4n) is 3.51. The number of para-hydroxylation sites is 1. The van der Waals surface area contributed by atoms with Crippen LogP contribution >= 0.6 is 0 Å². The molecule has 2 aromatic rings. The molecule has 5 heteroatoms. The minimum atomic E-state index is -0.158. The summed E-state index contributed by atoms with van der Waals surface area (Å²) >= 11 is 0. The summed E-state index contributed by atoms with van der Waals surface area (Å²) in [5.74, 6) is 0.496. The monoisotopic (exact) mass is 396 g/mol. The SMILES string of the molecule is CCCCN1CC=C(c2ccc(F)cc2)CC1.Cc1cccc2c1OCNC2=O. The smallest absolute Gasteiger partial charge is 0.257 e. The molecule has 0 aliphatic carbocycles. The van der Waals surface area contributed by atoms with Gasteiger partial charge in [-0.1, -0.05) is 43.7 Å². The maximum absolute atomic E-state index is 12.8. The largest absolute Gasteiger partial charge is 0.472 e. The van der Waals surface area contributed by atoms with E-state index in [4.69, 9.17) is 4.74 Å². The summed E-state index contributed by atoms with van der Waals surface area (Å²) in [5.41, 5.74) is 4.16. The second-order valence-corrected chi connectivity index (χ2v) is 7.39. The Balaban J connectivity index is 0.000000176. The first-order chi connectivity index (χ1) is 14.1. The van der Waals surface area contributed by atoms with Crippen LogP contribution < -0.4 is 10.1 Å². The third kappa shape index (κ3) is 5.67. The highest BCUT2D eigenvalue weighted by atomic mass is 19.1. The molecule has 1 N–H and O–H groups in total. The zero-order valence-corrected chi connectivity index (χ0v) is 17.2. The molecule has 0 aromatic heterocycles. The summed E-state index contributed by atoms with van der Waals surface area (Å²) in [4.78, 5) is 13.7. The van der Waals surface area contributed by atoms with Gasteiger partial charge in [-0.3, -0.25) is 9.69 Å². The van der Waals surface area contributed by atoms with Crippen molar-refractivity contribution >= 4 is 11.5 Å². The van der Waals surface area contributed by atoms with Gasteiger partial charge in [0.1, 0.15) is 11.6 Å². The summed E-state index contributed by atoms with van der Waals surface area (Å²) in [6.07, 6.45) is 5.90. The second-order valence-electron chi connectivity index (χ2n) is 7.39. The molecule has 154 valence electrons. The fraction of sp³-hybridized carbons (Fsp3) is 0.375. The molecule has 2 heterocycles. The molecule has 0 unspecified atom stereocenters. The average molecular weight is 397 g/mol. The number of amides is 1. The molecule has 4 nitrogen and oxygen atoms in total. The van der Waals surface area contributed by atoms with Crippen molar-refractivity contribution in [2.24, 2.45) is 0 Å². The summed E-state index contributed by atoms with van der Waals surface area (Å²) in [5, 5.41) is 2.60. The van der Waals surface area contributed by atoms with Crippen LogP contribution in [0.3, 0.4) is 0 Å². The Morgan fingerprint density at radius 3 is 2.62 bits per heavy atom. The number of hydrogen-bond acceptors (Lipinski definition) is 3. The molecule has 0 bridgehead atoms. The number of fused-ring (bicyclic) bond motifs is 1. The molecule has 0 radical (unpaired) electrons. The summed E-state index contributed by atoms with van der Waals surface area (Å²) in [6, 6.07) is 12.4. The van der Waals surface area contributed by atoms with E-state index < -0.39 is 0 Å². The predicted molar refractivity (Wildman–Crippen MR) is 114 cm³/mol. The van der Waals surface area contributed by atoms with Gasteiger partial charge in [-0.05, 0) is 61.2 Å². The first kappa shape index (κ1) is 21.1. The van der Waals surface area contributed by atoms with Gasteiger partial charge in [0.25, 0.3) is 5.91 Å². The van der Waals surface area contributed by atoms with E-state index in [1.807, 2.05) is 31.2 Å². The van der Waals surface area contributed by atoms with Gasteiger partial charge in [-0.2, -0.15) is 0 Å². The van der Waals surface area contributed by atoms with Crippen LogP contribution in [0.25, 0.3) is 5.57 Å². The maximum Gasteiger partial charge on any atom is 0.257 e. The van der Waals surface area contributed by atoms with Gasteiger partial charge < -0.3 is 10.1 Å². The highest BCUT2D eigenvalue weighted by Gasteiger charge is 2.18. The number of unbranched alkanes of at least 4 members (excludes halogenated alkanes) is 1. The van der Waals surface area contributed by atoms with E-state index in [0.29, 0.717) is 11.3 Å². The lowest BCUT2D eigenvalue weighted by atomic mass is 9.99. The number of nitrogens with one attached hydrogen (secondary N) is 1. The number of halogens is 1. The van der Waals surface area contributed by atoms with Gasteiger partial charge in [-0.25, -0.2) is 4.39 Å². The zero-order valence-electron chi connectivity index (χ0n) is 17.2. The number of ether oxygens (including phenoxy) is 1. The van der Waals surface area contributed by atoms with Crippen LogP contribution in [0.5, 0.6) is 5.75 Å². The van der Waals surface area contributed by atoms with Crippen LogP contribution in [0, 0.1) is 12.7 Å². The molecular weight excluding hydrogens is 367 g/mol. The topological polar surface area (TPSA) is 41.6 Å². The van der Waals surface area contributed by atoms with Crippen molar-refractivity contribution < 1.29 is 13.9 Å². The van der Waals surface area contributed by atoms with Crippen LogP contribution in [0.15, 0.2) is 48.5 Å². The molecule has 29 heavy (non-hydrogen) atoms. The average Bonchev–Trinajstić information content (AvgIpc) is 2.75. The molecule has 4 rings (SSSR count). The summed E-state index contributed by atoms with van der Waals surface area (Å²) < 4.78 is 18.1. The molecule has 0 fully saturated rings. The quantitative estimate of drug-likeness (QED) is 0.808. The van der Waals surface area contributed by atoms with E-state index >= 15 is 0 Å². The van der Waals surface area contributed by atoms with E-state index in [0.717, 1.165) is 25.1 Å². The number of rotatable bonds is 4. The first-order valence-corrected chi connectivity index (χ1v) is 10.3. The Kier molecular flexibility index (Phi) is 7.42. The molecule has 1 amide bonds. The number of carbonyl (C=O) groups excluding carboxylic acids is 1. The normalized spacial score (nSPS) is 16.0. The first-order valence-electron chi connectivity index (χ1n) is 10.3. The number of hydrogen-bond donors (Lipinski definition) is 1.